The monoisotopic (exact) mass is 194 g/mol. The molecular weight excluding hydrogens is 176 g/mol. The van der Waals surface area contributed by atoms with E-state index in [2.05, 4.69) is 19.2 Å². The molecule has 0 aliphatic rings. The van der Waals surface area contributed by atoms with Gasteiger partial charge in [0, 0.05) is 18.4 Å². The molecule has 1 rings (SSSR count). The molecule has 0 aliphatic heterocycles. The Bertz CT molecular complexity index is 263. The number of carbonyl (C=O) groups excluding carboxylic acids is 1. The minimum Gasteiger partial charge on any atom is -0.352 e. The van der Waals surface area contributed by atoms with Crippen LogP contribution in [0.5, 0.6) is 0 Å². The maximum atomic E-state index is 11.5. The van der Waals surface area contributed by atoms with Crippen molar-refractivity contribution in [2.24, 2.45) is 0 Å². The van der Waals surface area contributed by atoms with Gasteiger partial charge >= 0.3 is 0 Å². The third kappa shape index (κ3) is 3.24. The summed E-state index contributed by atoms with van der Waals surface area (Å²) in [5.74, 6) is 0.0925. The van der Waals surface area contributed by atoms with Gasteiger partial charge in [-0.3, -0.25) is 4.79 Å². The number of nitrogens with zero attached hydrogens (tertiary/aromatic N) is 1. The normalized spacial score (nSPS) is 10.5. The molecule has 0 saturated heterocycles. The van der Waals surface area contributed by atoms with E-state index in [1.54, 1.807) is 0 Å². The molecule has 0 radical (unpaired) electrons. The van der Waals surface area contributed by atoms with E-state index in [0.717, 1.165) is 12.8 Å². The third-order valence-corrected chi connectivity index (χ3v) is 2.34. The standard InChI is InChI=1S/C11H18N2O/c1-3-10(4-2)12-11(14)9-13-7-5-6-8-13/h5-8,10H,3-4,9H2,1-2H3,(H,12,14). The van der Waals surface area contributed by atoms with E-state index >= 15 is 0 Å². The van der Waals surface area contributed by atoms with Crippen LogP contribution in [-0.4, -0.2) is 16.5 Å². The van der Waals surface area contributed by atoms with Gasteiger partial charge in [0.1, 0.15) is 6.54 Å². The quantitative estimate of drug-likeness (QED) is 0.762. The SMILES string of the molecule is CCC(CC)NC(=O)Cn1cccc1. The summed E-state index contributed by atoms with van der Waals surface area (Å²) in [5, 5.41) is 2.99. The predicted molar refractivity (Wildman–Crippen MR) is 56.9 cm³/mol. The summed E-state index contributed by atoms with van der Waals surface area (Å²) in [6, 6.07) is 4.16. The van der Waals surface area contributed by atoms with Crippen LogP contribution in [0.25, 0.3) is 0 Å². The smallest absolute Gasteiger partial charge is 0.240 e. The van der Waals surface area contributed by atoms with Gasteiger partial charge in [-0.25, -0.2) is 0 Å². The van der Waals surface area contributed by atoms with Crippen molar-refractivity contribution in [3.63, 3.8) is 0 Å². The average Bonchev–Trinajstić information content (AvgIpc) is 2.66. The molecule has 14 heavy (non-hydrogen) atoms. The zero-order valence-electron chi connectivity index (χ0n) is 8.86. The summed E-state index contributed by atoms with van der Waals surface area (Å²) >= 11 is 0. The van der Waals surface area contributed by atoms with E-state index in [-0.39, 0.29) is 5.91 Å². The largest absolute Gasteiger partial charge is 0.352 e. The molecule has 0 saturated carbocycles. The second kappa shape index (κ2) is 5.47. The minimum atomic E-state index is 0.0925. The molecule has 0 bridgehead atoms. The number of nitrogens with one attached hydrogen (secondary N) is 1. The molecule has 78 valence electrons. The Kier molecular flexibility index (Phi) is 4.23. The average molecular weight is 194 g/mol. The van der Waals surface area contributed by atoms with Gasteiger partial charge in [0.2, 0.25) is 5.91 Å². The topological polar surface area (TPSA) is 34.0 Å². The Labute approximate surface area is 85.1 Å². The highest BCUT2D eigenvalue weighted by molar-refractivity contribution is 5.76. The molecular formula is C11H18N2O. The summed E-state index contributed by atoms with van der Waals surface area (Å²) < 4.78 is 1.87. The summed E-state index contributed by atoms with van der Waals surface area (Å²) in [4.78, 5) is 11.5. The molecule has 0 aliphatic carbocycles. The van der Waals surface area contributed by atoms with Gasteiger partial charge in [-0.1, -0.05) is 13.8 Å². The van der Waals surface area contributed by atoms with E-state index < -0.39 is 0 Å². The van der Waals surface area contributed by atoms with Crippen molar-refractivity contribution in [1.29, 1.82) is 0 Å². The van der Waals surface area contributed by atoms with Crippen LogP contribution in [0.2, 0.25) is 0 Å². The number of aromatic nitrogens is 1. The van der Waals surface area contributed by atoms with Crippen LogP contribution in [0.1, 0.15) is 26.7 Å². The first-order chi connectivity index (χ1) is 6.76. The summed E-state index contributed by atoms with van der Waals surface area (Å²) in [5.41, 5.74) is 0. The van der Waals surface area contributed by atoms with Crippen LogP contribution < -0.4 is 5.32 Å². The van der Waals surface area contributed by atoms with Gasteiger partial charge in [0.15, 0.2) is 0 Å². The molecule has 0 aromatic carbocycles. The zero-order valence-corrected chi connectivity index (χ0v) is 8.86. The lowest BCUT2D eigenvalue weighted by Gasteiger charge is -2.14. The molecule has 1 amide bonds. The fourth-order valence-electron chi connectivity index (χ4n) is 1.41. The van der Waals surface area contributed by atoms with Crippen LogP contribution in [0.15, 0.2) is 24.5 Å². The summed E-state index contributed by atoms with van der Waals surface area (Å²) in [7, 11) is 0. The molecule has 3 heteroatoms. The lowest BCUT2D eigenvalue weighted by atomic mass is 10.2. The Morgan fingerprint density at radius 3 is 2.36 bits per heavy atom. The first kappa shape index (κ1) is 10.8. The summed E-state index contributed by atoms with van der Waals surface area (Å²) in [6.07, 6.45) is 5.78. The molecule has 1 aromatic rings. The van der Waals surface area contributed by atoms with E-state index in [1.165, 1.54) is 0 Å². The van der Waals surface area contributed by atoms with Gasteiger partial charge in [0.25, 0.3) is 0 Å². The molecule has 1 aromatic heterocycles. The van der Waals surface area contributed by atoms with Crippen LogP contribution in [0, 0.1) is 0 Å². The highest BCUT2D eigenvalue weighted by Crippen LogP contribution is 1.96. The first-order valence-corrected chi connectivity index (χ1v) is 5.16. The fraction of sp³-hybridized carbons (Fsp3) is 0.545. The van der Waals surface area contributed by atoms with Crippen molar-refractivity contribution in [3.8, 4) is 0 Å². The minimum absolute atomic E-state index is 0.0925. The van der Waals surface area contributed by atoms with Crippen molar-refractivity contribution in [3.05, 3.63) is 24.5 Å². The Morgan fingerprint density at radius 1 is 1.29 bits per heavy atom. The molecule has 1 N–H and O–H groups in total. The van der Waals surface area contributed by atoms with Crippen molar-refractivity contribution in [1.82, 2.24) is 9.88 Å². The van der Waals surface area contributed by atoms with Crippen molar-refractivity contribution in [2.45, 2.75) is 39.3 Å². The number of amides is 1. The Hall–Kier alpha value is -1.25. The van der Waals surface area contributed by atoms with Gasteiger partial charge in [-0.2, -0.15) is 0 Å². The number of rotatable bonds is 5. The van der Waals surface area contributed by atoms with Crippen molar-refractivity contribution < 1.29 is 4.79 Å². The van der Waals surface area contributed by atoms with Crippen LogP contribution in [0.3, 0.4) is 0 Å². The van der Waals surface area contributed by atoms with Crippen molar-refractivity contribution >= 4 is 5.91 Å². The van der Waals surface area contributed by atoms with Crippen LogP contribution in [-0.2, 0) is 11.3 Å². The van der Waals surface area contributed by atoms with Crippen LogP contribution >= 0.6 is 0 Å². The van der Waals surface area contributed by atoms with E-state index in [0.29, 0.717) is 12.6 Å². The third-order valence-electron chi connectivity index (χ3n) is 2.34. The number of carbonyl (C=O) groups is 1. The first-order valence-electron chi connectivity index (χ1n) is 5.16. The second-order valence-electron chi connectivity index (χ2n) is 3.44. The van der Waals surface area contributed by atoms with Crippen molar-refractivity contribution in [2.75, 3.05) is 0 Å². The highest BCUT2D eigenvalue weighted by atomic mass is 16.2. The van der Waals surface area contributed by atoms with E-state index in [4.69, 9.17) is 0 Å². The molecule has 3 nitrogen and oxygen atoms in total. The fourth-order valence-corrected chi connectivity index (χ4v) is 1.41. The molecule has 0 unspecified atom stereocenters. The number of hydrogen-bond acceptors (Lipinski definition) is 1. The maximum absolute atomic E-state index is 11.5. The van der Waals surface area contributed by atoms with E-state index in [9.17, 15) is 4.79 Å². The molecule has 1 heterocycles. The van der Waals surface area contributed by atoms with Gasteiger partial charge in [0.05, 0.1) is 0 Å². The van der Waals surface area contributed by atoms with Gasteiger partial charge < -0.3 is 9.88 Å². The van der Waals surface area contributed by atoms with Gasteiger partial charge in [-0.15, -0.1) is 0 Å². The van der Waals surface area contributed by atoms with Crippen LogP contribution in [0.4, 0.5) is 0 Å². The molecule has 0 atom stereocenters. The number of hydrogen-bond donors (Lipinski definition) is 1. The molecule has 0 spiro atoms. The Morgan fingerprint density at radius 2 is 1.86 bits per heavy atom. The maximum Gasteiger partial charge on any atom is 0.240 e. The zero-order chi connectivity index (χ0) is 10.4. The highest BCUT2D eigenvalue weighted by Gasteiger charge is 2.07. The lowest BCUT2D eigenvalue weighted by Crippen LogP contribution is -2.35. The second-order valence-corrected chi connectivity index (χ2v) is 3.44. The summed E-state index contributed by atoms with van der Waals surface area (Å²) in [6.45, 7) is 4.59. The predicted octanol–water partition coefficient (Wildman–Crippen LogP) is 1.79. The lowest BCUT2D eigenvalue weighted by molar-refractivity contribution is -0.122. The molecule has 0 fully saturated rings. The van der Waals surface area contributed by atoms with E-state index in [1.807, 2.05) is 29.1 Å². The van der Waals surface area contributed by atoms with Gasteiger partial charge in [-0.05, 0) is 25.0 Å². The Balaban J connectivity index is 2.35.